The first-order valence-electron chi connectivity index (χ1n) is 10.1. The summed E-state index contributed by atoms with van der Waals surface area (Å²) in [4.78, 5) is 21.7. The maximum absolute atomic E-state index is 13.6. The van der Waals surface area contributed by atoms with Crippen molar-refractivity contribution < 1.29 is 9.18 Å². The van der Waals surface area contributed by atoms with Gasteiger partial charge in [0, 0.05) is 42.2 Å². The van der Waals surface area contributed by atoms with E-state index in [2.05, 4.69) is 15.1 Å². The average molecular weight is 439 g/mol. The van der Waals surface area contributed by atoms with E-state index in [-0.39, 0.29) is 5.91 Å². The van der Waals surface area contributed by atoms with E-state index >= 15 is 0 Å². The number of aromatic nitrogens is 4. The van der Waals surface area contributed by atoms with E-state index in [1.54, 1.807) is 17.0 Å². The van der Waals surface area contributed by atoms with Gasteiger partial charge in [0.05, 0.1) is 5.52 Å². The molecule has 4 aromatic rings. The maximum atomic E-state index is 13.6. The number of carbonyl (C=O) groups is 1. The molecular formula is C22H20ClFN6O. The van der Waals surface area contributed by atoms with E-state index in [9.17, 15) is 9.18 Å². The van der Waals surface area contributed by atoms with Crippen molar-refractivity contribution in [3.05, 3.63) is 64.7 Å². The number of benzene rings is 2. The first-order valence-corrected chi connectivity index (χ1v) is 10.5. The molecule has 2 aromatic heterocycles. The Labute approximate surface area is 183 Å². The third-order valence-electron chi connectivity index (χ3n) is 5.58. The summed E-state index contributed by atoms with van der Waals surface area (Å²) in [5, 5.41) is 10.1. The lowest BCUT2D eigenvalue weighted by atomic mass is 10.2. The van der Waals surface area contributed by atoms with Crippen molar-refractivity contribution in [1.82, 2.24) is 24.5 Å². The van der Waals surface area contributed by atoms with Gasteiger partial charge in [-0.05, 0) is 49.7 Å². The molecule has 158 valence electrons. The fourth-order valence-electron chi connectivity index (χ4n) is 4.06. The molecule has 31 heavy (non-hydrogen) atoms. The topological polar surface area (TPSA) is 66.6 Å². The first-order chi connectivity index (χ1) is 15.0. The number of fused-ring (bicyclic) bond motifs is 3. The van der Waals surface area contributed by atoms with Gasteiger partial charge in [0.15, 0.2) is 5.65 Å². The van der Waals surface area contributed by atoms with Crippen molar-refractivity contribution in [3.8, 4) is 0 Å². The summed E-state index contributed by atoms with van der Waals surface area (Å²) in [6.45, 7) is 4.30. The van der Waals surface area contributed by atoms with E-state index in [0.717, 1.165) is 41.3 Å². The van der Waals surface area contributed by atoms with Crippen LogP contribution in [0.3, 0.4) is 0 Å². The number of hydrogen-bond acceptors (Lipinski definition) is 5. The van der Waals surface area contributed by atoms with E-state index in [1.807, 2.05) is 29.5 Å². The Bertz CT molecular complexity index is 1310. The maximum Gasteiger partial charge on any atom is 0.254 e. The summed E-state index contributed by atoms with van der Waals surface area (Å²) < 4.78 is 15.5. The summed E-state index contributed by atoms with van der Waals surface area (Å²) in [7, 11) is 0. The largest absolute Gasteiger partial charge is 0.340 e. The summed E-state index contributed by atoms with van der Waals surface area (Å²) in [5.41, 5.74) is 1.84. The third kappa shape index (κ3) is 3.57. The lowest BCUT2D eigenvalue weighted by Gasteiger charge is -2.24. The minimum atomic E-state index is -0.410. The predicted molar refractivity (Wildman–Crippen MR) is 117 cm³/mol. The molecular weight excluding hydrogens is 419 g/mol. The average Bonchev–Trinajstić information content (AvgIpc) is 2.99. The van der Waals surface area contributed by atoms with E-state index in [4.69, 9.17) is 16.6 Å². The highest BCUT2D eigenvalue weighted by molar-refractivity contribution is 6.31. The van der Waals surface area contributed by atoms with Gasteiger partial charge in [-0.3, -0.25) is 4.79 Å². The van der Waals surface area contributed by atoms with Crippen LogP contribution in [0.15, 0.2) is 42.5 Å². The van der Waals surface area contributed by atoms with Crippen LogP contribution in [-0.2, 0) is 0 Å². The zero-order valence-electron chi connectivity index (χ0n) is 16.9. The standard InChI is InChI=1S/C22H20ClFN6O/c1-14-26-27-20-18-7-6-16(23)13-19(18)25-22(30(14)20)29-9-3-8-28(10-11-29)21(31)15-4-2-5-17(24)12-15/h2,4-7,12-13H,3,8-11H2,1H3. The lowest BCUT2D eigenvalue weighted by molar-refractivity contribution is 0.0766. The highest BCUT2D eigenvalue weighted by Gasteiger charge is 2.24. The number of halogens is 2. The molecule has 1 amide bonds. The molecule has 1 saturated heterocycles. The van der Waals surface area contributed by atoms with E-state index in [1.165, 1.54) is 12.1 Å². The molecule has 1 aliphatic heterocycles. The van der Waals surface area contributed by atoms with Gasteiger partial charge in [0.1, 0.15) is 11.6 Å². The summed E-state index contributed by atoms with van der Waals surface area (Å²) in [5.74, 6) is 0.899. The van der Waals surface area contributed by atoms with E-state index < -0.39 is 5.82 Å². The monoisotopic (exact) mass is 438 g/mol. The second-order valence-electron chi connectivity index (χ2n) is 7.62. The van der Waals surface area contributed by atoms with Crippen LogP contribution in [0.25, 0.3) is 16.6 Å². The van der Waals surface area contributed by atoms with Crippen LogP contribution in [0.2, 0.25) is 5.02 Å². The van der Waals surface area contributed by atoms with Crippen molar-refractivity contribution in [2.24, 2.45) is 0 Å². The Kier molecular flexibility index (Phi) is 4.94. The van der Waals surface area contributed by atoms with Gasteiger partial charge in [0.2, 0.25) is 5.95 Å². The number of hydrogen-bond donors (Lipinski definition) is 0. The quantitative estimate of drug-likeness (QED) is 0.477. The highest BCUT2D eigenvalue weighted by Crippen LogP contribution is 2.27. The molecule has 0 N–H and O–H groups in total. The molecule has 0 atom stereocenters. The van der Waals surface area contributed by atoms with Gasteiger partial charge in [-0.15, -0.1) is 10.2 Å². The number of aryl methyl sites for hydroxylation is 1. The Morgan fingerprint density at radius 2 is 1.94 bits per heavy atom. The number of nitrogens with zero attached hydrogens (tertiary/aromatic N) is 6. The zero-order chi connectivity index (χ0) is 21.5. The van der Waals surface area contributed by atoms with Gasteiger partial charge in [-0.2, -0.15) is 0 Å². The molecule has 1 aliphatic rings. The first kappa shape index (κ1) is 19.7. The Morgan fingerprint density at radius 1 is 1.06 bits per heavy atom. The van der Waals surface area contributed by atoms with Gasteiger partial charge >= 0.3 is 0 Å². The lowest BCUT2D eigenvalue weighted by Crippen LogP contribution is -2.36. The molecule has 9 heteroatoms. The number of carbonyl (C=O) groups excluding carboxylic acids is 1. The summed E-state index contributed by atoms with van der Waals surface area (Å²) >= 11 is 6.20. The van der Waals surface area contributed by atoms with Crippen LogP contribution in [0.4, 0.5) is 10.3 Å². The Balaban J connectivity index is 1.48. The minimum Gasteiger partial charge on any atom is -0.340 e. The fraction of sp³-hybridized carbons (Fsp3) is 0.273. The van der Waals surface area contributed by atoms with Crippen LogP contribution in [0.1, 0.15) is 22.6 Å². The van der Waals surface area contributed by atoms with Crippen LogP contribution in [-0.4, -0.2) is 56.6 Å². The van der Waals surface area contributed by atoms with Crippen LogP contribution < -0.4 is 4.90 Å². The second kappa shape index (κ2) is 7.77. The minimum absolute atomic E-state index is 0.162. The smallest absolute Gasteiger partial charge is 0.254 e. The second-order valence-corrected chi connectivity index (χ2v) is 8.06. The summed E-state index contributed by atoms with van der Waals surface area (Å²) in [6.07, 6.45) is 0.763. The molecule has 0 unspecified atom stereocenters. The highest BCUT2D eigenvalue weighted by atomic mass is 35.5. The molecule has 5 rings (SSSR count). The van der Waals surface area contributed by atoms with E-state index in [0.29, 0.717) is 30.2 Å². The van der Waals surface area contributed by atoms with Crippen molar-refractivity contribution >= 4 is 40.0 Å². The van der Waals surface area contributed by atoms with Gasteiger partial charge < -0.3 is 9.80 Å². The molecule has 0 saturated carbocycles. The predicted octanol–water partition coefficient (Wildman–Crippen LogP) is 3.73. The van der Waals surface area contributed by atoms with Crippen molar-refractivity contribution in [2.75, 3.05) is 31.1 Å². The molecule has 0 bridgehead atoms. The summed E-state index contributed by atoms with van der Waals surface area (Å²) in [6, 6.07) is 11.4. The van der Waals surface area contributed by atoms with Crippen molar-refractivity contribution in [2.45, 2.75) is 13.3 Å². The van der Waals surface area contributed by atoms with Gasteiger partial charge in [-0.25, -0.2) is 13.8 Å². The number of amides is 1. The molecule has 0 spiro atoms. The Morgan fingerprint density at radius 3 is 2.77 bits per heavy atom. The van der Waals surface area contributed by atoms with Gasteiger partial charge in [0.25, 0.3) is 5.91 Å². The molecule has 7 nitrogen and oxygen atoms in total. The molecule has 0 radical (unpaired) electrons. The Hall–Kier alpha value is -3.26. The molecule has 1 fully saturated rings. The van der Waals surface area contributed by atoms with Crippen molar-refractivity contribution in [3.63, 3.8) is 0 Å². The molecule has 3 heterocycles. The van der Waals surface area contributed by atoms with Crippen LogP contribution >= 0.6 is 11.6 Å². The number of anilines is 1. The molecule has 2 aromatic carbocycles. The van der Waals surface area contributed by atoms with Crippen LogP contribution in [0.5, 0.6) is 0 Å². The zero-order valence-corrected chi connectivity index (χ0v) is 17.7. The van der Waals surface area contributed by atoms with Gasteiger partial charge in [-0.1, -0.05) is 17.7 Å². The molecule has 0 aliphatic carbocycles. The van der Waals surface area contributed by atoms with Crippen LogP contribution in [0, 0.1) is 12.7 Å². The normalized spacial score (nSPS) is 14.9. The number of rotatable bonds is 2. The van der Waals surface area contributed by atoms with Crippen molar-refractivity contribution in [1.29, 1.82) is 0 Å². The fourth-order valence-corrected chi connectivity index (χ4v) is 4.22. The third-order valence-corrected chi connectivity index (χ3v) is 5.82. The SMILES string of the molecule is Cc1nnc2c3ccc(Cl)cc3nc(N3CCCN(C(=O)c4cccc(F)c4)CC3)n12.